The van der Waals surface area contributed by atoms with E-state index in [1.165, 1.54) is 25.7 Å². The second-order valence-electron chi connectivity index (χ2n) is 6.42. The maximum Gasteiger partial charge on any atom is 0.241 e. The van der Waals surface area contributed by atoms with Crippen LogP contribution in [0.4, 0.5) is 0 Å². The summed E-state index contributed by atoms with van der Waals surface area (Å²) in [6.07, 6.45) is 6.05. The third kappa shape index (κ3) is 2.41. The Kier molecular flexibility index (Phi) is 3.97. The SMILES string of the molecule is CN1CCC(C)(C)N(C2CCCC2)C(CN)C1=O. The van der Waals surface area contributed by atoms with Gasteiger partial charge in [-0.15, -0.1) is 0 Å². The molecule has 4 nitrogen and oxygen atoms in total. The fraction of sp³-hybridized carbons (Fsp3) is 0.929. The summed E-state index contributed by atoms with van der Waals surface area (Å²) in [6, 6.07) is 0.416. The van der Waals surface area contributed by atoms with E-state index in [4.69, 9.17) is 5.73 Å². The molecular weight excluding hydrogens is 226 g/mol. The van der Waals surface area contributed by atoms with Gasteiger partial charge in [-0.1, -0.05) is 12.8 Å². The fourth-order valence-electron chi connectivity index (χ4n) is 3.62. The largest absolute Gasteiger partial charge is 0.344 e. The molecule has 0 aromatic carbocycles. The Balaban J connectivity index is 2.30. The Morgan fingerprint density at radius 1 is 1.33 bits per heavy atom. The van der Waals surface area contributed by atoms with Gasteiger partial charge < -0.3 is 10.6 Å². The third-order valence-corrected chi connectivity index (χ3v) is 4.70. The summed E-state index contributed by atoms with van der Waals surface area (Å²) in [4.78, 5) is 16.7. The van der Waals surface area contributed by atoms with Crippen LogP contribution in [0.15, 0.2) is 0 Å². The van der Waals surface area contributed by atoms with E-state index in [1.54, 1.807) is 0 Å². The average Bonchev–Trinajstić information content (AvgIpc) is 2.82. The molecule has 104 valence electrons. The zero-order valence-corrected chi connectivity index (χ0v) is 12.0. The van der Waals surface area contributed by atoms with Gasteiger partial charge in [-0.05, 0) is 33.1 Å². The van der Waals surface area contributed by atoms with Crippen LogP contribution < -0.4 is 5.73 Å². The molecule has 2 aliphatic rings. The standard InChI is InChI=1S/C14H27N3O/c1-14(2)8-9-16(3)13(18)12(10-15)17(14)11-6-4-5-7-11/h11-12H,4-10,15H2,1-3H3. The van der Waals surface area contributed by atoms with E-state index in [1.807, 2.05) is 11.9 Å². The lowest BCUT2D eigenvalue weighted by molar-refractivity contribution is -0.136. The molecule has 18 heavy (non-hydrogen) atoms. The van der Waals surface area contributed by atoms with E-state index in [9.17, 15) is 4.79 Å². The number of nitrogens with two attached hydrogens (primary N) is 1. The second kappa shape index (κ2) is 5.17. The minimum atomic E-state index is -0.129. The van der Waals surface area contributed by atoms with Crippen LogP contribution in [0.5, 0.6) is 0 Å². The van der Waals surface area contributed by atoms with Gasteiger partial charge in [0.2, 0.25) is 5.91 Å². The van der Waals surface area contributed by atoms with Crippen LogP contribution in [0, 0.1) is 0 Å². The summed E-state index contributed by atoms with van der Waals surface area (Å²) >= 11 is 0. The van der Waals surface area contributed by atoms with Gasteiger partial charge in [-0.25, -0.2) is 0 Å². The molecule has 0 aromatic heterocycles. The first-order valence-electron chi connectivity index (χ1n) is 7.21. The predicted molar refractivity (Wildman–Crippen MR) is 73.3 cm³/mol. The number of nitrogens with zero attached hydrogens (tertiary/aromatic N) is 2. The molecule has 1 unspecified atom stereocenters. The third-order valence-electron chi connectivity index (χ3n) is 4.70. The average molecular weight is 253 g/mol. The van der Waals surface area contributed by atoms with Crippen molar-refractivity contribution in [2.45, 2.75) is 63.6 Å². The van der Waals surface area contributed by atoms with E-state index in [0.717, 1.165) is 13.0 Å². The molecule has 0 aromatic rings. The molecule has 2 fully saturated rings. The topological polar surface area (TPSA) is 49.6 Å². The fourth-order valence-corrected chi connectivity index (χ4v) is 3.62. The van der Waals surface area contributed by atoms with Crippen LogP contribution in [-0.4, -0.2) is 53.5 Å². The second-order valence-corrected chi connectivity index (χ2v) is 6.42. The van der Waals surface area contributed by atoms with E-state index in [0.29, 0.717) is 12.6 Å². The van der Waals surface area contributed by atoms with E-state index in [-0.39, 0.29) is 17.5 Å². The molecule has 2 rings (SSSR count). The van der Waals surface area contributed by atoms with E-state index in [2.05, 4.69) is 18.7 Å². The van der Waals surface area contributed by atoms with Gasteiger partial charge >= 0.3 is 0 Å². The summed E-state index contributed by atoms with van der Waals surface area (Å²) in [5.41, 5.74) is 5.98. The smallest absolute Gasteiger partial charge is 0.241 e. The van der Waals surface area contributed by atoms with Crippen LogP contribution in [0.1, 0.15) is 46.0 Å². The van der Waals surface area contributed by atoms with Crippen molar-refractivity contribution in [1.29, 1.82) is 0 Å². The van der Waals surface area contributed by atoms with Gasteiger partial charge in [-0.3, -0.25) is 9.69 Å². The van der Waals surface area contributed by atoms with Gasteiger partial charge in [-0.2, -0.15) is 0 Å². The van der Waals surface area contributed by atoms with Gasteiger partial charge in [0, 0.05) is 31.7 Å². The number of rotatable bonds is 2. The van der Waals surface area contributed by atoms with Crippen molar-refractivity contribution < 1.29 is 4.79 Å². The minimum absolute atomic E-state index is 0.0689. The molecule has 0 bridgehead atoms. The molecule has 0 radical (unpaired) electrons. The van der Waals surface area contributed by atoms with E-state index < -0.39 is 0 Å². The van der Waals surface area contributed by atoms with Crippen LogP contribution in [0.2, 0.25) is 0 Å². The summed E-state index contributed by atoms with van der Waals surface area (Å²) in [6.45, 7) is 5.80. The molecule has 1 atom stereocenters. The Morgan fingerprint density at radius 2 is 1.94 bits per heavy atom. The lowest BCUT2D eigenvalue weighted by Gasteiger charge is -2.44. The van der Waals surface area contributed by atoms with Crippen molar-refractivity contribution in [3.8, 4) is 0 Å². The minimum Gasteiger partial charge on any atom is -0.344 e. The maximum absolute atomic E-state index is 12.4. The number of carbonyl (C=O) groups excluding carboxylic acids is 1. The Morgan fingerprint density at radius 3 is 2.50 bits per heavy atom. The summed E-state index contributed by atoms with van der Waals surface area (Å²) < 4.78 is 0. The van der Waals surface area contributed by atoms with Crippen molar-refractivity contribution >= 4 is 5.91 Å². The summed E-state index contributed by atoms with van der Waals surface area (Å²) in [5, 5.41) is 0. The molecule has 1 aliphatic heterocycles. The summed E-state index contributed by atoms with van der Waals surface area (Å²) in [7, 11) is 1.90. The number of likely N-dealkylation sites (N-methyl/N-ethyl adjacent to an activating group) is 1. The first-order chi connectivity index (χ1) is 8.47. The van der Waals surface area contributed by atoms with Crippen molar-refractivity contribution in [2.75, 3.05) is 20.1 Å². The highest BCUT2D eigenvalue weighted by atomic mass is 16.2. The van der Waals surface area contributed by atoms with Crippen molar-refractivity contribution in [3.05, 3.63) is 0 Å². The predicted octanol–water partition coefficient (Wildman–Crippen LogP) is 1.20. The zero-order chi connectivity index (χ0) is 13.3. The number of hydrogen-bond acceptors (Lipinski definition) is 3. The highest BCUT2D eigenvalue weighted by molar-refractivity contribution is 5.82. The zero-order valence-electron chi connectivity index (χ0n) is 12.0. The van der Waals surface area contributed by atoms with Crippen molar-refractivity contribution in [1.82, 2.24) is 9.80 Å². The van der Waals surface area contributed by atoms with Gasteiger partial charge in [0.05, 0.1) is 0 Å². The molecule has 1 saturated heterocycles. The van der Waals surface area contributed by atoms with Crippen molar-refractivity contribution in [3.63, 3.8) is 0 Å². The Bertz CT molecular complexity index is 310. The maximum atomic E-state index is 12.4. The van der Waals surface area contributed by atoms with Crippen LogP contribution in [0.25, 0.3) is 0 Å². The molecular formula is C14H27N3O. The molecule has 1 aliphatic carbocycles. The molecule has 4 heteroatoms. The van der Waals surface area contributed by atoms with Crippen LogP contribution in [0.3, 0.4) is 0 Å². The number of amides is 1. The molecule has 0 spiro atoms. The van der Waals surface area contributed by atoms with Crippen molar-refractivity contribution in [2.24, 2.45) is 5.73 Å². The van der Waals surface area contributed by atoms with E-state index >= 15 is 0 Å². The highest BCUT2D eigenvalue weighted by Crippen LogP contribution is 2.34. The Hall–Kier alpha value is -0.610. The monoisotopic (exact) mass is 253 g/mol. The highest BCUT2D eigenvalue weighted by Gasteiger charge is 2.44. The first-order valence-corrected chi connectivity index (χ1v) is 7.21. The number of hydrogen-bond donors (Lipinski definition) is 1. The molecule has 1 heterocycles. The van der Waals surface area contributed by atoms with Crippen LogP contribution in [-0.2, 0) is 4.79 Å². The number of carbonyl (C=O) groups is 1. The lowest BCUT2D eigenvalue weighted by atomic mass is 9.93. The van der Waals surface area contributed by atoms with Crippen LogP contribution >= 0.6 is 0 Å². The Labute approximate surface area is 110 Å². The quantitative estimate of drug-likeness (QED) is 0.804. The van der Waals surface area contributed by atoms with Gasteiger partial charge in [0.15, 0.2) is 0 Å². The van der Waals surface area contributed by atoms with Gasteiger partial charge in [0.1, 0.15) is 6.04 Å². The lowest BCUT2D eigenvalue weighted by Crippen LogP contribution is -2.59. The molecule has 1 amide bonds. The molecule has 1 saturated carbocycles. The summed E-state index contributed by atoms with van der Waals surface area (Å²) in [5.74, 6) is 0.204. The van der Waals surface area contributed by atoms with Gasteiger partial charge in [0.25, 0.3) is 0 Å². The molecule has 2 N–H and O–H groups in total. The first kappa shape index (κ1) is 13.8. The normalized spacial score (nSPS) is 30.8.